The van der Waals surface area contributed by atoms with E-state index in [1.54, 1.807) is 6.07 Å². The Hall–Kier alpha value is -3.55. The summed E-state index contributed by atoms with van der Waals surface area (Å²) in [6.07, 6.45) is 1.83. The van der Waals surface area contributed by atoms with E-state index in [-0.39, 0.29) is 18.4 Å². The zero-order valence-electron chi connectivity index (χ0n) is 15.9. The molecule has 4 aromatic rings. The van der Waals surface area contributed by atoms with Gasteiger partial charge < -0.3 is 9.84 Å². The lowest BCUT2D eigenvalue weighted by Gasteiger charge is -2.05. The molecule has 3 aromatic heterocycles. The lowest BCUT2D eigenvalue weighted by Crippen LogP contribution is -2.24. The third kappa shape index (κ3) is 3.48. The molecule has 0 bridgehead atoms. The lowest BCUT2D eigenvalue weighted by molar-refractivity contribution is 0.0949. The number of nitrogens with one attached hydrogen (secondary N) is 1. The molecular formula is C20H20N6O2. The van der Waals surface area contributed by atoms with Gasteiger partial charge in [-0.3, -0.25) is 9.20 Å². The van der Waals surface area contributed by atoms with E-state index in [9.17, 15) is 4.79 Å². The van der Waals surface area contributed by atoms with Crippen LogP contribution in [0.4, 0.5) is 0 Å². The fraction of sp³-hybridized carbons (Fsp3) is 0.250. The van der Waals surface area contributed by atoms with Crippen LogP contribution >= 0.6 is 0 Å². The number of benzene rings is 1. The van der Waals surface area contributed by atoms with Crippen molar-refractivity contribution >= 4 is 11.6 Å². The molecule has 0 fully saturated rings. The summed E-state index contributed by atoms with van der Waals surface area (Å²) in [5, 5.41) is 15.2. The summed E-state index contributed by atoms with van der Waals surface area (Å²) in [6, 6.07) is 11.1. The first-order chi connectivity index (χ1) is 13.5. The third-order valence-corrected chi connectivity index (χ3v) is 4.37. The van der Waals surface area contributed by atoms with Gasteiger partial charge in [0.15, 0.2) is 17.3 Å². The first-order valence-electron chi connectivity index (χ1n) is 9.04. The van der Waals surface area contributed by atoms with Crippen LogP contribution in [0.5, 0.6) is 0 Å². The normalized spacial score (nSPS) is 11.3. The molecule has 0 aliphatic rings. The Bertz CT molecular complexity index is 1140. The van der Waals surface area contributed by atoms with Crippen LogP contribution < -0.4 is 5.32 Å². The summed E-state index contributed by atoms with van der Waals surface area (Å²) in [6.45, 7) is 6.24. The van der Waals surface area contributed by atoms with Gasteiger partial charge in [-0.15, -0.1) is 10.2 Å². The maximum absolute atomic E-state index is 12.3. The van der Waals surface area contributed by atoms with Crippen molar-refractivity contribution in [1.82, 2.24) is 30.1 Å². The quantitative estimate of drug-likeness (QED) is 0.575. The number of carbonyl (C=O) groups excluding carboxylic acids is 1. The topological polar surface area (TPSA) is 98.2 Å². The molecule has 0 unspecified atom stereocenters. The molecule has 8 heteroatoms. The van der Waals surface area contributed by atoms with E-state index in [0.29, 0.717) is 28.8 Å². The van der Waals surface area contributed by atoms with E-state index >= 15 is 0 Å². The molecule has 28 heavy (non-hydrogen) atoms. The van der Waals surface area contributed by atoms with Crippen LogP contribution in [0.15, 0.2) is 47.1 Å². The minimum atomic E-state index is -0.149. The van der Waals surface area contributed by atoms with Crippen LogP contribution in [-0.4, -0.2) is 30.6 Å². The van der Waals surface area contributed by atoms with Gasteiger partial charge in [-0.25, -0.2) is 0 Å². The molecule has 142 valence electrons. The summed E-state index contributed by atoms with van der Waals surface area (Å²) in [7, 11) is 0. The monoisotopic (exact) mass is 376 g/mol. The van der Waals surface area contributed by atoms with Crippen molar-refractivity contribution in [3.63, 3.8) is 0 Å². The number of hydrogen-bond acceptors (Lipinski definition) is 6. The second kappa shape index (κ2) is 7.22. The summed E-state index contributed by atoms with van der Waals surface area (Å²) in [5.41, 5.74) is 3.07. The van der Waals surface area contributed by atoms with Crippen molar-refractivity contribution in [1.29, 1.82) is 0 Å². The van der Waals surface area contributed by atoms with E-state index in [1.807, 2.05) is 61.7 Å². The highest BCUT2D eigenvalue weighted by molar-refractivity contribution is 5.94. The average molecular weight is 376 g/mol. The fourth-order valence-corrected chi connectivity index (χ4v) is 2.83. The van der Waals surface area contributed by atoms with Crippen molar-refractivity contribution < 1.29 is 9.32 Å². The van der Waals surface area contributed by atoms with Crippen molar-refractivity contribution in [3.05, 3.63) is 65.4 Å². The Morgan fingerprint density at radius 2 is 2.07 bits per heavy atom. The number of fused-ring (bicyclic) bond motifs is 1. The predicted molar refractivity (Wildman–Crippen MR) is 103 cm³/mol. The van der Waals surface area contributed by atoms with E-state index in [1.165, 1.54) is 0 Å². The van der Waals surface area contributed by atoms with Gasteiger partial charge >= 0.3 is 0 Å². The van der Waals surface area contributed by atoms with Crippen LogP contribution in [0, 0.1) is 6.92 Å². The van der Waals surface area contributed by atoms with Gasteiger partial charge in [0.1, 0.15) is 0 Å². The summed E-state index contributed by atoms with van der Waals surface area (Å²) < 4.78 is 7.15. The van der Waals surface area contributed by atoms with Crippen molar-refractivity contribution in [3.8, 4) is 11.5 Å². The Morgan fingerprint density at radius 1 is 1.21 bits per heavy atom. The Morgan fingerprint density at radius 3 is 2.82 bits per heavy atom. The molecule has 0 radical (unpaired) electrons. The predicted octanol–water partition coefficient (Wildman–Crippen LogP) is 3.14. The van der Waals surface area contributed by atoms with E-state index in [2.05, 4.69) is 25.7 Å². The zero-order chi connectivity index (χ0) is 19.7. The molecule has 1 N–H and O–H groups in total. The first kappa shape index (κ1) is 17.8. The molecule has 0 atom stereocenters. The number of hydrogen-bond donors (Lipinski definition) is 1. The summed E-state index contributed by atoms with van der Waals surface area (Å²) >= 11 is 0. The van der Waals surface area contributed by atoms with Crippen LogP contribution in [0.25, 0.3) is 17.1 Å². The number of pyridine rings is 1. The largest absolute Gasteiger partial charge is 0.345 e. The van der Waals surface area contributed by atoms with Crippen LogP contribution in [0.1, 0.15) is 47.3 Å². The number of nitrogens with zero attached hydrogens (tertiary/aromatic N) is 5. The molecule has 3 heterocycles. The molecular weight excluding hydrogens is 356 g/mol. The van der Waals surface area contributed by atoms with Crippen molar-refractivity contribution in [2.45, 2.75) is 33.2 Å². The first-order valence-corrected chi connectivity index (χ1v) is 9.04. The molecule has 8 nitrogen and oxygen atoms in total. The Kier molecular flexibility index (Phi) is 4.60. The SMILES string of the molecule is Cc1cccc(C(=O)NCc2nnc3cc(-c4nc(C(C)C)no4)ccn23)c1. The van der Waals surface area contributed by atoms with Crippen molar-refractivity contribution in [2.24, 2.45) is 0 Å². The number of aromatic nitrogens is 5. The number of amides is 1. The second-order valence-electron chi connectivity index (χ2n) is 6.92. The van der Waals surface area contributed by atoms with Crippen LogP contribution in [-0.2, 0) is 6.54 Å². The average Bonchev–Trinajstić information content (AvgIpc) is 3.33. The third-order valence-electron chi connectivity index (χ3n) is 4.37. The zero-order valence-corrected chi connectivity index (χ0v) is 15.9. The minimum Gasteiger partial charge on any atom is -0.345 e. The van der Waals surface area contributed by atoms with Gasteiger partial charge in [0.25, 0.3) is 11.8 Å². The molecule has 0 saturated heterocycles. The van der Waals surface area contributed by atoms with Gasteiger partial charge in [0, 0.05) is 23.2 Å². The number of rotatable bonds is 5. The fourth-order valence-electron chi connectivity index (χ4n) is 2.83. The maximum atomic E-state index is 12.3. The summed E-state index contributed by atoms with van der Waals surface area (Å²) in [4.78, 5) is 16.7. The second-order valence-corrected chi connectivity index (χ2v) is 6.92. The van der Waals surface area contributed by atoms with Gasteiger partial charge in [0.05, 0.1) is 6.54 Å². The molecule has 0 spiro atoms. The molecule has 0 aliphatic heterocycles. The maximum Gasteiger partial charge on any atom is 0.258 e. The van der Waals surface area contributed by atoms with E-state index in [4.69, 9.17) is 4.52 Å². The van der Waals surface area contributed by atoms with Crippen LogP contribution in [0.2, 0.25) is 0 Å². The summed E-state index contributed by atoms with van der Waals surface area (Å²) in [5.74, 6) is 1.79. The van der Waals surface area contributed by atoms with Gasteiger partial charge in [-0.1, -0.05) is 36.7 Å². The van der Waals surface area contributed by atoms with Gasteiger partial charge in [0.2, 0.25) is 0 Å². The molecule has 1 amide bonds. The smallest absolute Gasteiger partial charge is 0.258 e. The standard InChI is InChI=1S/C20H20N6O2/c1-12(2)18-22-20(28-25-18)15-7-8-26-16(10-15)23-24-17(26)11-21-19(27)14-6-4-5-13(3)9-14/h4-10,12H,11H2,1-3H3,(H,21,27). The number of carbonyl (C=O) groups is 1. The minimum absolute atomic E-state index is 0.149. The molecule has 4 rings (SSSR count). The highest BCUT2D eigenvalue weighted by Gasteiger charge is 2.14. The molecule has 1 aromatic carbocycles. The highest BCUT2D eigenvalue weighted by Crippen LogP contribution is 2.21. The number of aryl methyl sites for hydroxylation is 1. The molecule has 0 aliphatic carbocycles. The Labute approximate surface area is 161 Å². The van der Waals surface area contributed by atoms with E-state index in [0.717, 1.165) is 11.1 Å². The van der Waals surface area contributed by atoms with Crippen molar-refractivity contribution in [2.75, 3.05) is 0 Å². The van der Waals surface area contributed by atoms with E-state index < -0.39 is 0 Å². The molecule has 0 saturated carbocycles. The van der Waals surface area contributed by atoms with Crippen LogP contribution in [0.3, 0.4) is 0 Å². The van der Waals surface area contributed by atoms with Gasteiger partial charge in [-0.05, 0) is 31.2 Å². The Balaban J connectivity index is 1.52. The van der Waals surface area contributed by atoms with Gasteiger partial charge in [-0.2, -0.15) is 4.98 Å². The highest BCUT2D eigenvalue weighted by atomic mass is 16.5. The lowest BCUT2D eigenvalue weighted by atomic mass is 10.1.